The zero-order chi connectivity index (χ0) is 22.5. The molecular weight excluding hydrogens is 410 g/mol. The third-order valence-electron chi connectivity index (χ3n) is 6.54. The lowest BCUT2D eigenvalue weighted by Gasteiger charge is -2.38. The molecule has 0 bridgehead atoms. The molecule has 2 aliphatic rings. The molecule has 1 N–H and O–H groups in total. The lowest BCUT2D eigenvalue weighted by Crippen LogP contribution is -2.29. The van der Waals surface area contributed by atoms with Crippen LogP contribution in [-0.2, 0) is 11.3 Å². The van der Waals surface area contributed by atoms with E-state index in [2.05, 4.69) is 66.0 Å². The van der Waals surface area contributed by atoms with Gasteiger partial charge >= 0.3 is 0 Å². The van der Waals surface area contributed by atoms with Gasteiger partial charge in [-0.05, 0) is 54.2 Å². The Morgan fingerprint density at radius 1 is 0.879 bits per heavy atom. The first-order valence-electron chi connectivity index (χ1n) is 11.9. The fourth-order valence-corrected chi connectivity index (χ4v) is 4.91. The molecule has 3 unspecified atom stereocenters. The molecule has 0 aromatic heterocycles. The predicted molar refractivity (Wildman–Crippen MR) is 132 cm³/mol. The number of fused-ring (bicyclic) bond motifs is 3. The highest BCUT2D eigenvalue weighted by Gasteiger charge is 2.38. The van der Waals surface area contributed by atoms with Crippen LogP contribution in [0.4, 0.5) is 5.69 Å². The van der Waals surface area contributed by atoms with Crippen LogP contribution < -0.4 is 14.8 Å². The molecule has 170 valence electrons. The van der Waals surface area contributed by atoms with Gasteiger partial charge in [-0.25, -0.2) is 0 Å². The topological polar surface area (TPSA) is 39.7 Å². The van der Waals surface area contributed by atoms with Crippen molar-refractivity contribution in [3.8, 4) is 11.5 Å². The van der Waals surface area contributed by atoms with Crippen LogP contribution in [0.2, 0.25) is 0 Å². The molecular formula is C29H31NO3. The van der Waals surface area contributed by atoms with Gasteiger partial charge in [-0.2, -0.15) is 0 Å². The van der Waals surface area contributed by atoms with Crippen LogP contribution >= 0.6 is 0 Å². The van der Waals surface area contributed by atoms with E-state index in [0.29, 0.717) is 38.3 Å². The Balaban J connectivity index is 1.33. The first-order chi connectivity index (χ1) is 16.3. The standard InChI is InChI=1S/C29H31NO3/c1-2-31-18-19-32-27-13-7-12-26-24-10-6-11-25(24)28(30-29(26)27)22-14-16-23(17-15-22)33-20-21-8-4-3-5-9-21/h3-10,12-17,24-25,28,30H,2,11,18-20H2,1H3. The zero-order valence-corrected chi connectivity index (χ0v) is 19.1. The average Bonchev–Trinajstić information content (AvgIpc) is 3.36. The van der Waals surface area contributed by atoms with E-state index in [1.165, 1.54) is 16.7 Å². The zero-order valence-electron chi connectivity index (χ0n) is 19.1. The van der Waals surface area contributed by atoms with Gasteiger partial charge in [-0.1, -0.05) is 66.7 Å². The minimum Gasteiger partial charge on any atom is -0.489 e. The molecule has 0 saturated carbocycles. The highest BCUT2D eigenvalue weighted by atomic mass is 16.5. The minimum absolute atomic E-state index is 0.220. The molecule has 3 atom stereocenters. The summed E-state index contributed by atoms with van der Waals surface area (Å²) in [7, 11) is 0. The molecule has 0 spiro atoms. The van der Waals surface area contributed by atoms with Crippen LogP contribution in [0.1, 0.15) is 42.0 Å². The molecule has 0 saturated heterocycles. The van der Waals surface area contributed by atoms with Crippen molar-refractivity contribution in [2.24, 2.45) is 5.92 Å². The van der Waals surface area contributed by atoms with E-state index < -0.39 is 0 Å². The van der Waals surface area contributed by atoms with E-state index in [9.17, 15) is 0 Å². The number of rotatable bonds is 9. The Bertz CT molecular complexity index is 1080. The molecule has 1 heterocycles. The molecule has 3 aromatic carbocycles. The van der Waals surface area contributed by atoms with Gasteiger partial charge in [0.1, 0.15) is 24.7 Å². The van der Waals surface area contributed by atoms with Crippen molar-refractivity contribution in [2.45, 2.75) is 31.9 Å². The second-order valence-corrected chi connectivity index (χ2v) is 8.58. The van der Waals surface area contributed by atoms with Gasteiger partial charge in [0.05, 0.1) is 18.3 Å². The summed E-state index contributed by atoms with van der Waals surface area (Å²) in [5.74, 6) is 2.68. The molecule has 4 nitrogen and oxygen atoms in total. The molecule has 0 fully saturated rings. The normalized spacial score (nSPS) is 20.6. The van der Waals surface area contributed by atoms with E-state index in [-0.39, 0.29) is 6.04 Å². The van der Waals surface area contributed by atoms with E-state index in [4.69, 9.17) is 14.2 Å². The Morgan fingerprint density at radius 3 is 2.55 bits per heavy atom. The highest BCUT2D eigenvalue weighted by Crippen LogP contribution is 2.52. The van der Waals surface area contributed by atoms with E-state index in [1.54, 1.807) is 0 Å². The Morgan fingerprint density at radius 2 is 1.73 bits per heavy atom. The van der Waals surface area contributed by atoms with Gasteiger partial charge in [0.15, 0.2) is 0 Å². The third-order valence-corrected chi connectivity index (χ3v) is 6.54. The van der Waals surface area contributed by atoms with Crippen LogP contribution in [0, 0.1) is 5.92 Å². The van der Waals surface area contributed by atoms with E-state index in [1.807, 2.05) is 31.2 Å². The summed E-state index contributed by atoms with van der Waals surface area (Å²) in [6, 6.07) is 25.4. The second kappa shape index (κ2) is 10.1. The maximum atomic E-state index is 6.10. The van der Waals surface area contributed by atoms with Gasteiger partial charge in [0.2, 0.25) is 0 Å². The van der Waals surface area contributed by atoms with Crippen LogP contribution in [0.3, 0.4) is 0 Å². The number of para-hydroxylation sites is 1. The smallest absolute Gasteiger partial charge is 0.142 e. The van der Waals surface area contributed by atoms with Crippen molar-refractivity contribution >= 4 is 5.69 Å². The summed E-state index contributed by atoms with van der Waals surface area (Å²) in [4.78, 5) is 0. The molecule has 1 aliphatic carbocycles. The van der Waals surface area contributed by atoms with Gasteiger partial charge in [-0.3, -0.25) is 0 Å². The summed E-state index contributed by atoms with van der Waals surface area (Å²) in [5, 5.41) is 3.82. The van der Waals surface area contributed by atoms with Gasteiger partial charge < -0.3 is 19.5 Å². The van der Waals surface area contributed by atoms with Crippen LogP contribution in [-0.4, -0.2) is 19.8 Å². The highest BCUT2D eigenvalue weighted by molar-refractivity contribution is 5.67. The lowest BCUT2D eigenvalue weighted by molar-refractivity contribution is 0.110. The predicted octanol–water partition coefficient (Wildman–Crippen LogP) is 6.51. The maximum absolute atomic E-state index is 6.10. The minimum atomic E-state index is 0.220. The van der Waals surface area contributed by atoms with Gasteiger partial charge in [0, 0.05) is 12.5 Å². The molecule has 33 heavy (non-hydrogen) atoms. The van der Waals surface area contributed by atoms with Crippen molar-refractivity contribution in [1.29, 1.82) is 0 Å². The average molecular weight is 442 g/mol. The summed E-state index contributed by atoms with van der Waals surface area (Å²) in [6.07, 6.45) is 5.75. The number of benzene rings is 3. The SMILES string of the molecule is CCOCCOc1cccc2c1NC(c1ccc(OCc3ccccc3)cc1)C1CC=CC21. The monoisotopic (exact) mass is 441 g/mol. The number of hydrogen-bond donors (Lipinski definition) is 1. The van der Waals surface area contributed by atoms with Crippen molar-refractivity contribution < 1.29 is 14.2 Å². The fraction of sp³-hybridized carbons (Fsp3) is 0.310. The van der Waals surface area contributed by atoms with Crippen LogP contribution in [0.25, 0.3) is 0 Å². The number of ether oxygens (including phenoxy) is 3. The van der Waals surface area contributed by atoms with Crippen molar-refractivity contribution in [1.82, 2.24) is 0 Å². The quantitative estimate of drug-likeness (QED) is 0.304. The molecule has 1 aliphatic heterocycles. The van der Waals surface area contributed by atoms with Crippen LogP contribution in [0.15, 0.2) is 84.9 Å². The number of anilines is 1. The van der Waals surface area contributed by atoms with Crippen LogP contribution in [0.5, 0.6) is 11.5 Å². The van der Waals surface area contributed by atoms with Crippen molar-refractivity contribution in [2.75, 3.05) is 25.1 Å². The third kappa shape index (κ3) is 4.76. The number of allylic oxidation sites excluding steroid dienone is 2. The molecule has 0 radical (unpaired) electrons. The largest absolute Gasteiger partial charge is 0.489 e. The summed E-state index contributed by atoms with van der Waals surface area (Å²) in [5.41, 5.74) is 4.87. The Kier molecular flexibility index (Phi) is 6.63. The summed E-state index contributed by atoms with van der Waals surface area (Å²) in [6.45, 7) is 4.43. The van der Waals surface area contributed by atoms with Gasteiger partial charge in [-0.15, -0.1) is 0 Å². The van der Waals surface area contributed by atoms with E-state index in [0.717, 1.165) is 23.6 Å². The molecule has 5 rings (SSSR count). The molecule has 0 amide bonds. The summed E-state index contributed by atoms with van der Waals surface area (Å²) < 4.78 is 17.5. The van der Waals surface area contributed by atoms with Gasteiger partial charge in [0.25, 0.3) is 0 Å². The van der Waals surface area contributed by atoms with E-state index >= 15 is 0 Å². The first-order valence-corrected chi connectivity index (χ1v) is 11.9. The fourth-order valence-electron chi connectivity index (χ4n) is 4.91. The molecule has 3 aromatic rings. The first kappa shape index (κ1) is 21.6. The summed E-state index contributed by atoms with van der Waals surface area (Å²) >= 11 is 0. The number of hydrogen-bond acceptors (Lipinski definition) is 4. The Labute approximate surface area is 196 Å². The maximum Gasteiger partial charge on any atom is 0.142 e. The van der Waals surface area contributed by atoms with Crippen molar-refractivity contribution in [3.63, 3.8) is 0 Å². The second-order valence-electron chi connectivity index (χ2n) is 8.58. The lowest BCUT2D eigenvalue weighted by atomic mass is 9.77. The number of nitrogens with one attached hydrogen (secondary N) is 1. The Hall–Kier alpha value is -3.24. The molecule has 4 heteroatoms. The van der Waals surface area contributed by atoms with Crippen molar-refractivity contribution in [3.05, 3.63) is 102 Å².